The SMILES string of the molecule is COc1cc(C=O)ccc1OCCOc1c(Cl)cccc1Cl. The molecule has 0 aliphatic carbocycles. The van der Waals surface area contributed by atoms with Crippen molar-refractivity contribution in [1.82, 2.24) is 0 Å². The summed E-state index contributed by atoms with van der Waals surface area (Å²) in [6, 6.07) is 10.1. The first-order valence-electron chi connectivity index (χ1n) is 6.48. The molecule has 116 valence electrons. The summed E-state index contributed by atoms with van der Waals surface area (Å²) >= 11 is 12.0. The van der Waals surface area contributed by atoms with Gasteiger partial charge in [0, 0.05) is 5.56 Å². The van der Waals surface area contributed by atoms with E-state index in [0.717, 1.165) is 6.29 Å². The highest BCUT2D eigenvalue weighted by Gasteiger charge is 2.08. The third-order valence-corrected chi connectivity index (χ3v) is 3.43. The molecule has 0 atom stereocenters. The van der Waals surface area contributed by atoms with Gasteiger partial charge in [0.2, 0.25) is 0 Å². The Kier molecular flexibility index (Phi) is 5.92. The molecule has 0 bridgehead atoms. The van der Waals surface area contributed by atoms with Crippen LogP contribution in [0.25, 0.3) is 0 Å². The van der Waals surface area contributed by atoms with E-state index >= 15 is 0 Å². The molecule has 0 saturated heterocycles. The molecule has 22 heavy (non-hydrogen) atoms. The lowest BCUT2D eigenvalue weighted by Gasteiger charge is -2.13. The third-order valence-electron chi connectivity index (χ3n) is 2.83. The van der Waals surface area contributed by atoms with Crippen LogP contribution in [-0.2, 0) is 0 Å². The molecule has 0 aliphatic heterocycles. The van der Waals surface area contributed by atoms with Gasteiger partial charge in [0.1, 0.15) is 19.5 Å². The molecule has 0 fully saturated rings. The first-order valence-corrected chi connectivity index (χ1v) is 7.24. The number of aldehydes is 1. The summed E-state index contributed by atoms with van der Waals surface area (Å²) in [4.78, 5) is 10.7. The highest BCUT2D eigenvalue weighted by Crippen LogP contribution is 2.32. The Morgan fingerprint density at radius 3 is 2.32 bits per heavy atom. The number of rotatable bonds is 7. The highest BCUT2D eigenvalue weighted by molar-refractivity contribution is 6.37. The third kappa shape index (κ3) is 4.06. The normalized spacial score (nSPS) is 10.1. The van der Waals surface area contributed by atoms with Crippen LogP contribution in [0.15, 0.2) is 36.4 Å². The van der Waals surface area contributed by atoms with Gasteiger partial charge in [-0.1, -0.05) is 29.3 Å². The summed E-state index contributed by atoms with van der Waals surface area (Å²) in [5.41, 5.74) is 0.517. The molecule has 2 rings (SSSR count). The Balaban J connectivity index is 1.93. The molecule has 0 radical (unpaired) electrons. The van der Waals surface area contributed by atoms with Gasteiger partial charge in [0.15, 0.2) is 17.2 Å². The minimum atomic E-state index is 0.266. The number of carbonyl (C=O) groups is 1. The second kappa shape index (κ2) is 7.92. The van der Waals surface area contributed by atoms with E-state index in [9.17, 15) is 4.79 Å². The minimum Gasteiger partial charge on any atom is -0.493 e. The van der Waals surface area contributed by atoms with Crippen molar-refractivity contribution in [3.63, 3.8) is 0 Å². The van der Waals surface area contributed by atoms with E-state index in [1.807, 2.05) is 0 Å². The molecule has 6 heteroatoms. The lowest BCUT2D eigenvalue weighted by Crippen LogP contribution is -2.10. The molecule has 0 aliphatic rings. The van der Waals surface area contributed by atoms with E-state index < -0.39 is 0 Å². The summed E-state index contributed by atoms with van der Waals surface area (Å²) < 4.78 is 16.3. The lowest BCUT2D eigenvalue weighted by atomic mass is 10.2. The zero-order valence-electron chi connectivity index (χ0n) is 11.8. The highest BCUT2D eigenvalue weighted by atomic mass is 35.5. The number of hydrogen-bond donors (Lipinski definition) is 0. The van der Waals surface area contributed by atoms with Gasteiger partial charge in [-0.3, -0.25) is 4.79 Å². The molecule has 4 nitrogen and oxygen atoms in total. The van der Waals surface area contributed by atoms with Gasteiger partial charge < -0.3 is 14.2 Å². The molecular weight excluding hydrogens is 327 g/mol. The number of ether oxygens (including phenoxy) is 3. The van der Waals surface area contributed by atoms with Crippen LogP contribution in [-0.4, -0.2) is 26.6 Å². The predicted molar refractivity (Wildman–Crippen MR) is 85.8 cm³/mol. The summed E-state index contributed by atoms with van der Waals surface area (Å²) in [6.07, 6.45) is 0.745. The molecular formula is C16H14Cl2O4. The molecule has 2 aromatic rings. The lowest BCUT2D eigenvalue weighted by molar-refractivity contribution is 0.112. The van der Waals surface area contributed by atoms with Crippen molar-refractivity contribution in [2.75, 3.05) is 20.3 Å². The zero-order valence-corrected chi connectivity index (χ0v) is 13.4. The van der Waals surface area contributed by atoms with Crippen LogP contribution in [0.5, 0.6) is 17.2 Å². The number of benzene rings is 2. The molecule has 0 unspecified atom stereocenters. The van der Waals surface area contributed by atoms with Crippen molar-refractivity contribution < 1.29 is 19.0 Å². The van der Waals surface area contributed by atoms with E-state index in [1.165, 1.54) is 7.11 Å². The van der Waals surface area contributed by atoms with Crippen molar-refractivity contribution >= 4 is 29.5 Å². The first-order chi connectivity index (χ1) is 10.7. The van der Waals surface area contributed by atoms with Crippen molar-refractivity contribution in [3.8, 4) is 17.2 Å². The average molecular weight is 341 g/mol. The van der Waals surface area contributed by atoms with E-state index in [1.54, 1.807) is 36.4 Å². The summed E-state index contributed by atoms with van der Waals surface area (Å²) in [5.74, 6) is 1.44. The van der Waals surface area contributed by atoms with E-state index in [0.29, 0.717) is 32.9 Å². The molecule has 0 heterocycles. The van der Waals surface area contributed by atoms with Crippen LogP contribution < -0.4 is 14.2 Å². The second-order valence-corrected chi connectivity index (χ2v) is 5.09. The van der Waals surface area contributed by atoms with Crippen LogP contribution in [0.4, 0.5) is 0 Å². The maximum atomic E-state index is 10.7. The summed E-state index contributed by atoms with van der Waals surface area (Å²) in [5, 5.41) is 0.890. The fourth-order valence-corrected chi connectivity index (χ4v) is 2.30. The van der Waals surface area contributed by atoms with Gasteiger partial charge in [0.25, 0.3) is 0 Å². The largest absolute Gasteiger partial charge is 0.493 e. The predicted octanol–water partition coefficient (Wildman–Crippen LogP) is 4.27. The van der Waals surface area contributed by atoms with Crippen LogP contribution >= 0.6 is 23.2 Å². The number of para-hydroxylation sites is 1. The zero-order chi connectivity index (χ0) is 15.9. The fourth-order valence-electron chi connectivity index (χ4n) is 1.79. The van der Waals surface area contributed by atoms with Crippen molar-refractivity contribution in [2.45, 2.75) is 0 Å². The van der Waals surface area contributed by atoms with Crippen LogP contribution in [0.2, 0.25) is 10.0 Å². The second-order valence-electron chi connectivity index (χ2n) is 4.28. The summed E-state index contributed by atoms with van der Waals surface area (Å²) in [7, 11) is 1.51. The fraction of sp³-hybridized carbons (Fsp3) is 0.188. The topological polar surface area (TPSA) is 44.8 Å². The van der Waals surface area contributed by atoms with Crippen LogP contribution in [0.3, 0.4) is 0 Å². The van der Waals surface area contributed by atoms with Crippen molar-refractivity contribution in [3.05, 3.63) is 52.0 Å². The number of hydrogen-bond acceptors (Lipinski definition) is 4. The van der Waals surface area contributed by atoms with Gasteiger partial charge in [0.05, 0.1) is 17.2 Å². The van der Waals surface area contributed by atoms with E-state index in [-0.39, 0.29) is 13.2 Å². The van der Waals surface area contributed by atoms with Gasteiger partial charge in [-0.25, -0.2) is 0 Å². The number of halogens is 2. The maximum Gasteiger partial charge on any atom is 0.161 e. The minimum absolute atomic E-state index is 0.266. The Morgan fingerprint density at radius 1 is 1.00 bits per heavy atom. The van der Waals surface area contributed by atoms with Gasteiger partial charge in [-0.2, -0.15) is 0 Å². The Bertz CT molecular complexity index is 638. The van der Waals surface area contributed by atoms with Crippen LogP contribution in [0.1, 0.15) is 10.4 Å². The van der Waals surface area contributed by atoms with Gasteiger partial charge in [-0.15, -0.1) is 0 Å². The molecule has 2 aromatic carbocycles. The summed E-state index contributed by atoms with van der Waals surface area (Å²) in [6.45, 7) is 0.542. The first kappa shape index (κ1) is 16.5. The van der Waals surface area contributed by atoms with Gasteiger partial charge >= 0.3 is 0 Å². The maximum absolute atomic E-state index is 10.7. The van der Waals surface area contributed by atoms with Crippen molar-refractivity contribution in [2.24, 2.45) is 0 Å². The quantitative estimate of drug-likeness (QED) is 0.557. The van der Waals surface area contributed by atoms with Gasteiger partial charge in [-0.05, 0) is 30.3 Å². The number of methoxy groups -OCH3 is 1. The Labute approximate surface area is 138 Å². The average Bonchev–Trinajstić information content (AvgIpc) is 2.53. The van der Waals surface area contributed by atoms with Crippen LogP contribution in [0, 0.1) is 0 Å². The monoisotopic (exact) mass is 340 g/mol. The Morgan fingerprint density at radius 2 is 1.68 bits per heavy atom. The molecule has 0 N–H and O–H groups in total. The van der Waals surface area contributed by atoms with E-state index in [2.05, 4.69) is 0 Å². The molecule has 0 spiro atoms. The standard InChI is InChI=1S/C16H14Cl2O4/c1-20-15-9-11(10-19)5-6-14(15)21-7-8-22-16-12(17)3-2-4-13(16)18/h2-6,9-10H,7-8H2,1H3. The van der Waals surface area contributed by atoms with E-state index in [4.69, 9.17) is 37.4 Å². The molecule has 0 aromatic heterocycles. The Hall–Kier alpha value is -1.91. The van der Waals surface area contributed by atoms with Crippen molar-refractivity contribution in [1.29, 1.82) is 0 Å². The molecule has 0 amide bonds. The molecule has 0 saturated carbocycles. The number of carbonyl (C=O) groups excluding carboxylic acids is 1. The smallest absolute Gasteiger partial charge is 0.161 e.